The fraction of sp³-hybridized carbons (Fsp3) is 0.600. The Kier molecular flexibility index (Phi) is 20.5. The monoisotopic (exact) mass is 489 g/mol. The van der Waals surface area contributed by atoms with Gasteiger partial charge in [0.15, 0.2) is 0 Å². The SMILES string of the molecule is CC(S)CC(=O)O.CC(S)CC(=O)O.CC(S)CC(=O)O.O=c1[nH]c(=O)[nH]c(=O)[nH]1. The molecule has 0 fully saturated rings. The maximum Gasteiger partial charge on any atom is 0.330 e. The molecule has 0 spiro atoms. The number of nitrogens with one attached hydrogen (secondary N) is 3. The van der Waals surface area contributed by atoms with Crippen LogP contribution in [-0.2, 0) is 14.4 Å². The molecule has 1 heterocycles. The summed E-state index contributed by atoms with van der Waals surface area (Å²) in [5, 5.41) is 24.0. The van der Waals surface area contributed by atoms with E-state index in [4.69, 9.17) is 15.3 Å². The molecule has 174 valence electrons. The highest BCUT2D eigenvalue weighted by Gasteiger charge is 2.00. The van der Waals surface area contributed by atoms with Crippen molar-refractivity contribution in [2.24, 2.45) is 0 Å². The van der Waals surface area contributed by atoms with Crippen molar-refractivity contribution in [2.45, 2.75) is 55.8 Å². The highest BCUT2D eigenvalue weighted by Crippen LogP contribution is 1.97. The number of carboxylic acids is 3. The molecule has 12 nitrogen and oxygen atoms in total. The summed E-state index contributed by atoms with van der Waals surface area (Å²) >= 11 is 11.6. The fourth-order valence-electron chi connectivity index (χ4n) is 1.16. The number of aromatic nitrogens is 3. The van der Waals surface area contributed by atoms with Crippen LogP contribution in [0.1, 0.15) is 40.0 Å². The van der Waals surface area contributed by atoms with Gasteiger partial charge in [0.1, 0.15) is 0 Å². The van der Waals surface area contributed by atoms with Crippen molar-refractivity contribution in [2.75, 3.05) is 0 Å². The molecule has 0 aromatic carbocycles. The van der Waals surface area contributed by atoms with Crippen molar-refractivity contribution in [3.8, 4) is 0 Å². The van der Waals surface area contributed by atoms with Crippen LogP contribution in [0.2, 0.25) is 0 Å². The van der Waals surface area contributed by atoms with Gasteiger partial charge in [0, 0.05) is 15.7 Å². The van der Waals surface area contributed by atoms with Gasteiger partial charge in [-0.25, -0.2) is 14.4 Å². The largest absolute Gasteiger partial charge is 0.481 e. The molecule has 3 atom stereocenters. The highest BCUT2D eigenvalue weighted by atomic mass is 32.1. The predicted octanol–water partition coefficient (Wildman–Crippen LogP) is 0.0897. The van der Waals surface area contributed by atoms with Gasteiger partial charge in [-0.3, -0.25) is 29.3 Å². The Bertz CT molecular complexity index is 674. The molecular formula is C15H27N3O9S3. The second-order valence-corrected chi connectivity index (χ2v) is 8.35. The van der Waals surface area contributed by atoms with E-state index in [0.29, 0.717) is 0 Å². The number of hydrogen-bond donors (Lipinski definition) is 9. The Morgan fingerprint density at radius 1 is 0.633 bits per heavy atom. The van der Waals surface area contributed by atoms with Crippen molar-refractivity contribution >= 4 is 55.8 Å². The lowest BCUT2D eigenvalue weighted by Crippen LogP contribution is -2.34. The number of aromatic amines is 3. The van der Waals surface area contributed by atoms with Crippen molar-refractivity contribution < 1.29 is 29.7 Å². The third kappa shape index (κ3) is 33.5. The molecule has 30 heavy (non-hydrogen) atoms. The first-order valence-electron chi connectivity index (χ1n) is 8.19. The van der Waals surface area contributed by atoms with Gasteiger partial charge in [-0.1, -0.05) is 20.8 Å². The number of aliphatic carboxylic acids is 3. The van der Waals surface area contributed by atoms with E-state index in [1.807, 2.05) is 0 Å². The van der Waals surface area contributed by atoms with Gasteiger partial charge < -0.3 is 15.3 Å². The summed E-state index contributed by atoms with van der Waals surface area (Å²) in [5.74, 6) is -2.37. The Balaban J connectivity index is -0.000000327. The van der Waals surface area contributed by atoms with Crippen molar-refractivity contribution in [1.82, 2.24) is 15.0 Å². The van der Waals surface area contributed by atoms with Crippen molar-refractivity contribution in [1.29, 1.82) is 0 Å². The smallest absolute Gasteiger partial charge is 0.330 e. The lowest BCUT2D eigenvalue weighted by atomic mass is 10.3. The minimum Gasteiger partial charge on any atom is -0.481 e. The average molecular weight is 490 g/mol. The van der Waals surface area contributed by atoms with E-state index in [-0.39, 0.29) is 35.0 Å². The Morgan fingerprint density at radius 3 is 0.867 bits per heavy atom. The molecule has 3 unspecified atom stereocenters. The zero-order valence-corrected chi connectivity index (χ0v) is 19.2. The lowest BCUT2D eigenvalue weighted by Gasteiger charge is -1.93. The molecule has 0 amide bonds. The van der Waals surface area contributed by atoms with Gasteiger partial charge >= 0.3 is 35.0 Å². The van der Waals surface area contributed by atoms with Gasteiger partial charge in [-0.15, -0.1) is 0 Å². The van der Waals surface area contributed by atoms with Crippen LogP contribution in [0.15, 0.2) is 14.4 Å². The van der Waals surface area contributed by atoms with E-state index in [1.165, 1.54) is 0 Å². The van der Waals surface area contributed by atoms with E-state index in [2.05, 4.69) is 37.9 Å². The quantitative estimate of drug-likeness (QED) is 0.247. The highest BCUT2D eigenvalue weighted by molar-refractivity contribution is 7.81. The van der Waals surface area contributed by atoms with Crippen LogP contribution >= 0.6 is 37.9 Å². The van der Waals surface area contributed by atoms with E-state index < -0.39 is 35.0 Å². The molecule has 0 aliphatic rings. The summed E-state index contributed by atoms with van der Waals surface area (Å²) in [6.45, 7) is 5.24. The van der Waals surface area contributed by atoms with Gasteiger partial charge in [0.25, 0.3) is 0 Å². The number of carboxylic acid groups (broad SMARTS) is 3. The number of hydrogen-bond acceptors (Lipinski definition) is 9. The molecule has 0 aliphatic heterocycles. The Hall–Kier alpha value is -2.13. The maximum atomic E-state index is 10.2. The molecule has 0 saturated heterocycles. The predicted molar refractivity (Wildman–Crippen MR) is 120 cm³/mol. The van der Waals surface area contributed by atoms with Gasteiger partial charge in [0.2, 0.25) is 0 Å². The van der Waals surface area contributed by atoms with E-state index in [1.54, 1.807) is 35.7 Å². The van der Waals surface area contributed by atoms with Crippen LogP contribution in [0.25, 0.3) is 0 Å². The summed E-state index contributed by atoms with van der Waals surface area (Å²) in [7, 11) is 0. The molecule has 0 bridgehead atoms. The molecular weight excluding hydrogens is 462 g/mol. The molecule has 15 heteroatoms. The normalized spacial score (nSPS) is 12.2. The molecule has 0 saturated carbocycles. The summed E-state index contributed by atoms with van der Waals surface area (Å²) in [6.07, 6.45) is 0.426. The molecule has 0 radical (unpaired) electrons. The minimum atomic E-state index is -0.802. The Morgan fingerprint density at radius 2 is 0.800 bits per heavy atom. The Labute approximate surface area is 187 Å². The topological polar surface area (TPSA) is 210 Å². The van der Waals surface area contributed by atoms with Crippen LogP contribution in [0.3, 0.4) is 0 Å². The molecule has 1 rings (SSSR count). The number of rotatable bonds is 6. The number of H-pyrrole nitrogens is 3. The zero-order valence-electron chi connectivity index (χ0n) is 16.5. The first-order chi connectivity index (χ1) is 13.6. The molecule has 0 aliphatic carbocycles. The van der Waals surface area contributed by atoms with Crippen molar-refractivity contribution in [3.05, 3.63) is 31.5 Å². The number of thiol groups is 3. The molecule has 6 N–H and O–H groups in total. The standard InChI is InChI=1S/3C4H8O2S.C3H3N3O3/c3*1-3(7)2-4(5)6;7-1-4-2(8)6-3(9)5-1/h3*3,7H,2H2,1H3,(H,5,6);(H3,4,5,6,7,8,9). The maximum absolute atomic E-state index is 10.2. The van der Waals surface area contributed by atoms with Crippen LogP contribution in [0, 0.1) is 0 Å². The fourth-order valence-corrected chi connectivity index (χ4v) is 1.63. The van der Waals surface area contributed by atoms with Crippen LogP contribution in [-0.4, -0.2) is 63.9 Å². The second kappa shape index (κ2) is 18.9. The van der Waals surface area contributed by atoms with Gasteiger partial charge in [-0.05, 0) is 0 Å². The van der Waals surface area contributed by atoms with Crippen LogP contribution < -0.4 is 17.1 Å². The van der Waals surface area contributed by atoms with Gasteiger partial charge in [-0.2, -0.15) is 37.9 Å². The van der Waals surface area contributed by atoms with E-state index in [0.717, 1.165) is 0 Å². The first kappa shape index (κ1) is 32.5. The third-order valence-corrected chi connectivity index (χ3v) is 2.64. The second-order valence-electron chi connectivity index (χ2n) is 5.70. The lowest BCUT2D eigenvalue weighted by molar-refractivity contribution is -0.137. The first-order valence-corrected chi connectivity index (χ1v) is 9.74. The van der Waals surface area contributed by atoms with E-state index >= 15 is 0 Å². The third-order valence-electron chi connectivity index (χ3n) is 2.09. The number of carbonyl (C=O) groups is 3. The molecule has 1 aromatic heterocycles. The summed E-state index contributed by atoms with van der Waals surface area (Å²) in [4.78, 5) is 65.2. The van der Waals surface area contributed by atoms with E-state index in [9.17, 15) is 28.8 Å². The van der Waals surface area contributed by atoms with Crippen LogP contribution in [0.5, 0.6) is 0 Å². The van der Waals surface area contributed by atoms with Crippen LogP contribution in [0.4, 0.5) is 0 Å². The minimum absolute atomic E-state index is 0.0301. The summed E-state index contributed by atoms with van der Waals surface area (Å²) in [5.41, 5.74) is -2.41. The van der Waals surface area contributed by atoms with Gasteiger partial charge in [0.05, 0.1) is 19.3 Å². The zero-order chi connectivity index (χ0) is 24.4. The average Bonchev–Trinajstić information content (AvgIpc) is 2.42. The summed E-state index contributed by atoms with van der Waals surface area (Å²) in [6, 6.07) is 0. The molecule has 1 aromatic rings. The van der Waals surface area contributed by atoms with Crippen molar-refractivity contribution in [3.63, 3.8) is 0 Å². The summed E-state index contributed by atoms with van der Waals surface area (Å²) < 4.78 is 0.